The Balaban J connectivity index is 1.60. The van der Waals surface area contributed by atoms with Gasteiger partial charge >= 0.3 is 0 Å². The lowest BCUT2D eigenvalue weighted by molar-refractivity contribution is 0.0980. The number of rotatable bonds is 3. The number of aryl methyl sites for hydroxylation is 1. The van der Waals surface area contributed by atoms with Gasteiger partial charge in [0.25, 0.3) is 11.8 Å². The highest BCUT2D eigenvalue weighted by Gasteiger charge is 2.26. The molecule has 1 aliphatic heterocycles. The predicted octanol–water partition coefficient (Wildman–Crippen LogP) is 5.32. The smallest absolute Gasteiger partial charge is 0.261 e. The molecule has 0 aromatic heterocycles. The summed E-state index contributed by atoms with van der Waals surface area (Å²) in [5.41, 5.74) is 2.64. The van der Waals surface area contributed by atoms with Crippen LogP contribution in [0.2, 0.25) is 5.02 Å². The first-order valence-electron chi connectivity index (χ1n) is 9.30. The first-order valence-corrected chi connectivity index (χ1v) is 9.67. The lowest BCUT2D eigenvalue weighted by Crippen LogP contribution is -2.36. The maximum atomic E-state index is 14.1. The van der Waals surface area contributed by atoms with E-state index in [1.54, 1.807) is 59.5 Å². The lowest BCUT2D eigenvalue weighted by atomic mass is 9.98. The molecule has 146 valence electrons. The summed E-state index contributed by atoms with van der Waals surface area (Å²) >= 11 is 6.11. The van der Waals surface area contributed by atoms with Crippen LogP contribution in [0.1, 0.15) is 32.7 Å². The Hall–Kier alpha value is -3.18. The normalized spacial score (nSPS) is 13.0. The van der Waals surface area contributed by atoms with E-state index in [1.807, 2.05) is 0 Å². The molecule has 1 heterocycles. The van der Waals surface area contributed by atoms with Crippen molar-refractivity contribution in [1.29, 1.82) is 0 Å². The molecule has 0 atom stereocenters. The molecule has 0 saturated carbocycles. The Bertz CT molecular complexity index is 1100. The van der Waals surface area contributed by atoms with Crippen LogP contribution in [0.5, 0.6) is 0 Å². The van der Waals surface area contributed by atoms with E-state index in [4.69, 9.17) is 11.6 Å². The van der Waals surface area contributed by atoms with Gasteiger partial charge in [-0.25, -0.2) is 4.39 Å². The first kappa shape index (κ1) is 19.2. The summed E-state index contributed by atoms with van der Waals surface area (Å²) in [5.74, 6) is -1.20. The third-order valence-corrected chi connectivity index (χ3v) is 5.26. The number of halogens is 2. The summed E-state index contributed by atoms with van der Waals surface area (Å²) in [6, 6.07) is 18.2. The lowest BCUT2D eigenvalue weighted by Gasteiger charge is -2.30. The van der Waals surface area contributed by atoms with Crippen molar-refractivity contribution in [1.82, 2.24) is 0 Å². The number of hydrogen-bond donors (Lipinski definition) is 1. The molecule has 4 nitrogen and oxygen atoms in total. The Labute approximate surface area is 172 Å². The first-order chi connectivity index (χ1) is 14.0. The van der Waals surface area contributed by atoms with E-state index in [2.05, 4.69) is 5.32 Å². The minimum Gasteiger partial charge on any atom is -0.321 e. The van der Waals surface area contributed by atoms with Crippen molar-refractivity contribution in [3.8, 4) is 0 Å². The van der Waals surface area contributed by atoms with Gasteiger partial charge in [0.15, 0.2) is 0 Å². The monoisotopic (exact) mass is 408 g/mol. The quantitative estimate of drug-likeness (QED) is 0.637. The summed E-state index contributed by atoms with van der Waals surface area (Å²) < 4.78 is 14.1. The number of nitrogens with one attached hydrogen (secondary N) is 1. The molecule has 3 aromatic rings. The molecule has 1 N–H and O–H groups in total. The molecular formula is C23H18ClFN2O2. The Morgan fingerprint density at radius 2 is 1.76 bits per heavy atom. The van der Waals surface area contributed by atoms with E-state index in [-0.39, 0.29) is 17.4 Å². The molecule has 29 heavy (non-hydrogen) atoms. The standard InChI is InChI=1S/C23H18ClFN2O2/c24-18-8-2-4-10-20(18)26-22(28)16-11-12-21-15(14-16)6-5-13-27(21)23(29)17-7-1-3-9-19(17)25/h1-4,7-12,14H,5-6,13H2,(H,26,28). The molecule has 6 heteroatoms. The number of carbonyl (C=O) groups is 2. The summed E-state index contributed by atoms with van der Waals surface area (Å²) in [7, 11) is 0. The van der Waals surface area contributed by atoms with Gasteiger partial charge in [-0.3, -0.25) is 9.59 Å². The number of anilines is 2. The summed E-state index contributed by atoms with van der Waals surface area (Å²) in [5, 5.41) is 3.26. The average molecular weight is 409 g/mol. The molecule has 0 aliphatic carbocycles. The molecule has 0 unspecified atom stereocenters. The maximum absolute atomic E-state index is 14.1. The molecule has 0 bridgehead atoms. The number of benzene rings is 3. The van der Waals surface area contributed by atoms with E-state index < -0.39 is 5.82 Å². The van der Waals surface area contributed by atoms with E-state index in [0.717, 1.165) is 18.4 Å². The van der Waals surface area contributed by atoms with Gasteiger partial charge in [-0.1, -0.05) is 35.9 Å². The second-order valence-electron chi connectivity index (χ2n) is 6.82. The largest absolute Gasteiger partial charge is 0.321 e. The van der Waals surface area contributed by atoms with Crippen molar-refractivity contribution >= 4 is 34.8 Å². The molecule has 0 fully saturated rings. The third-order valence-electron chi connectivity index (χ3n) is 4.93. The van der Waals surface area contributed by atoms with Gasteiger partial charge in [0, 0.05) is 17.8 Å². The fraction of sp³-hybridized carbons (Fsp3) is 0.130. The number of hydrogen-bond acceptors (Lipinski definition) is 2. The molecular weight excluding hydrogens is 391 g/mol. The van der Waals surface area contributed by atoms with Crippen LogP contribution in [0.25, 0.3) is 0 Å². The Kier molecular flexibility index (Phi) is 5.32. The number of carbonyl (C=O) groups excluding carboxylic acids is 2. The molecule has 0 spiro atoms. The molecule has 0 radical (unpaired) electrons. The topological polar surface area (TPSA) is 49.4 Å². The van der Waals surface area contributed by atoms with Gasteiger partial charge in [0.1, 0.15) is 5.82 Å². The van der Waals surface area contributed by atoms with Crippen molar-refractivity contribution in [2.45, 2.75) is 12.8 Å². The van der Waals surface area contributed by atoms with E-state index >= 15 is 0 Å². The minimum absolute atomic E-state index is 0.0425. The van der Waals surface area contributed by atoms with Crippen LogP contribution in [0.3, 0.4) is 0 Å². The number of para-hydroxylation sites is 1. The minimum atomic E-state index is -0.541. The van der Waals surface area contributed by atoms with Crippen molar-refractivity contribution in [3.63, 3.8) is 0 Å². The number of nitrogens with zero attached hydrogens (tertiary/aromatic N) is 1. The second kappa shape index (κ2) is 8.05. The van der Waals surface area contributed by atoms with Gasteiger partial charge in [0.05, 0.1) is 16.3 Å². The van der Waals surface area contributed by atoms with Crippen LogP contribution < -0.4 is 10.2 Å². The zero-order valence-electron chi connectivity index (χ0n) is 15.5. The zero-order chi connectivity index (χ0) is 20.4. The zero-order valence-corrected chi connectivity index (χ0v) is 16.2. The fourth-order valence-electron chi connectivity index (χ4n) is 3.49. The van der Waals surface area contributed by atoms with Crippen LogP contribution in [0, 0.1) is 5.82 Å². The summed E-state index contributed by atoms with van der Waals surface area (Å²) in [4.78, 5) is 27.1. The van der Waals surface area contributed by atoms with Crippen molar-refractivity contribution in [2.24, 2.45) is 0 Å². The van der Waals surface area contributed by atoms with Crippen LogP contribution in [0.4, 0.5) is 15.8 Å². The van der Waals surface area contributed by atoms with Crippen molar-refractivity contribution in [2.75, 3.05) is 16.8 Å². The van der Waals surface area contributed by atoms with Crippen LogP contribution >= 0.6 is 11.6 Å². The summed E-state index contributed by atoms with van der Waals surface area (Å²) in [6.07, 6.45) is 1.48. The highest BCUT2D eigenvalue weighted by Crippen LogP contribution is 2.30. The molecule has 4 rings (SSSR count). The van der Waals surface area contributed by atoms with Gasteiger partial charge in [0.2, 0.25) is 0 Å². The maximum Gasteiger partial charge on any atom is 0.261 e. The van der Waals surface area contributed by atoms with E-state index in [9.17, 15) is 14.0 Å². The Morgan fingerprint density at radius 1 is 1.00 bits per heavy atom. The SMILES string of the molecule is O=C(Nc1ccccc1Cl)c1ccc2c(c1)CCCN2C(=O)c1ccccc1F. The highest BCUT2D eigenvalue weighted by molar-refractivity contribution is 6.33. The van der Waals surface area contributed by atoms with Crippen LogP contribution in [0.15, 0.2) is 66.7 Å². The number of amides is 2. The summed E-state index contributed by atoms with van der Waals surface area (Å²) in [6.45, 7) is 0.505. The molecule has 2 amide bonds. The van der Waals surface area contributed by atoms with Gasteiger partial charge < -0.3 is 10.2 Å². The second-order valence-corrected chi connectivity index (χ2v) is 7.22. The third kappa shape index (κ3) is 3.87. The average Bonchev–Trinajstić information content (AvgIpc) is 2.74. The predicted molar refractivity (Wildman–Crippen MR) is 112 cm³/mol. The molecule has 3 aromatic carbocycles. The van der Waals surface area contributed by atoms with Crippen LogP contribution in [-0.2, 0) is 6.42 Å². The van der Waals surface area contributed by atoms with Gasteiger partial charge in [-0.05, 0) is 60.9 Å². The van der Waals surface area contributed by atoms with Crippen molar-refractivity contribution < 1.29 is 14.0 Å². The fourth-order valence-corrected chi connectivity index (χ4v) is 3.67. The highest BCUT2D eigenvalue weighted by atomic mass is 35.5. The Morgan fingerprint density at radius 3 is 2.55 bits per heavy atom. The van der Waals surface area contributed by atoms with Gasteiger partial charge in [-0.15, -0.1) is 0 Å². The molecule has 0 saturated heterocycles. The van der Waals surface area contributed by atoms with E-state index in [0.29, 0.717) is 28.5 Å². The number of fused-ring (bicyclic) bond motifs is 1. The van der Waals surface area contributed by atoms with E-state index in [1.165, 1.54) is 12.1 Å². The van der Waals surface area contributed by atoms with Crippen molar-refractivity contribution in [3.05, 3.63) is 94.3 Å². The van der Waals surface area contributed by atoms with Crippen LogP contribution in [-0.4, -0.2) is 18.4 Å². The van der Waals surface area contributed by atoms with Gasteiger partial charge in [-0.2, -0.15) is 0 Å². The molecule has 1 aliphatic rings.